The van der Waals surface area contributed by atoms with Crippen LogP contribution in [0.15, 0.2) is 48.5 Å². The molecule has 0 aliphatic carbocycles. The van der Waals surface area contributed by atoms with Crippen LogP contribution in [0.1, 0.15) is 29.0 Å². The van der Waals surface area contributed by atoms with Crippen molar-refractivity contribution in [2.75, 3.05) is 23.7 Å². The molecule has 1 aromatic heterocycles. The first-order valence-corrected chi connectivity index (χ1v) is 9.86. The van der Waals surface area contributed by atoms with Crippen LogP contribution in [0.4, 0.5) is 11.5 Å². The fraction of sp³-hybridized carbons (Fsp3) is 0.227. The van der Waals surface area contributed by atoms with Crippen molar-refractivity contribution >= 4 is 40.2 Å². The SMILES string of the molecule is Nc1nc(COC(=O)CNC(=O)c2ccc(N3CCCC3=O)cc2)nc2ccccc12. The van der Waals surface area contributed by atoms with Gasteiger partial charge in [-0.3, -0.25) is 14.4 Å². The van der Waals surface area contributed by atoms with E-state index in [1.54, 1.807) is 35.2 Å². The molecule has 2 amide bonds. The number of aromatic nitrogens is 2. The number of para-hydroxylation sites is 1. The second kappa shape index (κ2) is 8.78. The van der Waals surface area contributed by atoms with Crippen molar-refractivity contribution in [1.82, 2.24) is 15.3 Å². The van der Waals surface area contributed by atoms with Gasteiger partial charge in [0.1, 0.15) is 12.4 Å². The number of hydrogen-bond donors (Lipinski definition) is 2. The van der Waals surface area contributed by atoms with E-state index in [-0.39, 0.29) is 24.9 Å². The number of carbonyl (C=O) groups excluding carboxylic acids is 3. The van der Waals surface area contributed by atoms with Gasteiger partial charge in [0.25, 0.3) is 5.91 Å². The van der Waals surface area contributed by atoms with Crippen molar-refractivity contribution in [2.24, 2.45) is 0 Å². The minimum Gasteiger partial charge on any atom is -0.456 e. The van der Waals surface area contributed by atoms with Crippen LogP contribution >= 0.6 is 0 Å². The molecule has 31 heavy (non-hydrogen) atoms. The number of rotatable bonds is 6. The van der Waals surface area contributed by atoms with Crippen LogP contribution in [0.2, 0.25) is 0 Å². The van der Waals surface area contributed by atoms with E-state index < -0.39 is 11.9 Å². The van der Waals surface area contributed by atoms with Gasteiger partial charge < -0.3 is 20.7 Å². The summed E-state index contributed by atoms with van der Waals surface area (Å²) in [5.41, 5.74) is 7.72. The number of nitrogens with zero attached hydrogens (tertiary/aromatic N) is 3. The fourth-order valence-corrected chi connectivity index (χ4v) is 3.38. The summed E-state index contributed by atoms with van der Waals surface area (Å²) >= 11 is 0. The number of carbonyl (C=O) groups is 3. The molecule has 1 aliphatic heterocycles. The Bertz CT molecular complexity index is 1150. The Kier molecular flexibility index (Phi) is 5.74. The summed E-state index contributed by atoms with van der Waals surface area (Å²) < 4.78 is 5.14. The van der Waals surface area contributed by atoms with Crippen molar-refractivity contribution in [3.8, 4) is 0 Å². The Labute approximate surface area is 178 Å². The number of amides is 2. The highest BCUT2D eigenvalue weighted by Gasteiger charge is 2.21. The molecule has 2 heterocycles. The largest absolute Gasteiger partial charge is 0.456 e. The summed E-state index contributed by atoms with van der Waals surface area (Å²) in [6.07, 6.45) is 1.38. The van der Waals surface area contributed by atoms with Gasteiger partial charge in [0.2, 0.25) is 5.91 Å². The molecule has 0 unspecified atom stereocenters. The maximum absolute atomic E-state index is 12.3. The van der Waals surface area contributed by atoms with Crippen LogP contribution in [0.3, 0.4) is 0 Å². The quantitative estimate of drug-likeness (QED) is 0.583. The van der Waals surface area contributed by atoms with E-state index >= 15 is 0 Å². The topological polar surface area (TPSA) is 128 Å². The van der Waals surface area contributed by atoms with Gasteiger partial charge in [0.15, 0.2) is 12.4 Å². The van der Waals surface area contributed by atoms with E-state index in [1.165, 1.54) is 0 Å². The molecule has 3 aromatic rings. The van der Waals surface area contributed by atoms with Gasteiger partial charge in [0, 0.05) is 29.6 Å². The van der Waals surface area contributed by atoms with Gasteiger partial charge >= 0.3 is 5.97 Å². The summed E-state index contributed by atoms with van der Waals surface area (Å²) in [7, 11) is 0. The molecule has 3 N–H and O–H groups in total. The fourth-order valence-electron chi connectivity index (χ4n) is 3.38. The summed E-state index contributed by atoms with van der Waals surface area (Å²) in [4.78, 5) is 46.2. The second-order valence-corrected chi connectivity index (χ2v) is 7.08. The first kappa shape index (κ1) is 20.3. The molecule has 2 aromatic carbocycles. The minimum absolute atomic E-state index is 0.0806. The lowest BCUT2D eigenvalue weighted by molar-refractivity contribution is -0.143. The minimum atomic E-state index is -0.622. The molecule has 9 nitrogen and oxygen atoms in total. The van der Waals surface area contributed by atoms with Crippen LogP contribution in [-0.2, 0) is 20.9 Å². The Morgan fingerprint density at radius 1 is 1.10 bits per heavy atom. The number of ether oxygens (including phenoxy) is 1. The average Bonchev–Trinajstić information content (AvgIpc) is 3.22. The van der Waals surface area contributed by atoms with Crippen molar-refractivity contribution in [3.63, 3.8) is 0 Å². The smallest absolute Gasteiger partial charge is 0.325 e. The van der Waals surface area contributed by atoms with Gasteiger partial charge in [-0.15, -0.1) is 0 Å². The van der Waals surface area contributed by atoms with Gasteiger partial charge in [0.05, 0.1) is 5.52 Å². The maximum atomic E-state index is 12.3. The number of nitrogens with two attached hydrogens (primary N) is 1. The predicted molar refractivity (Wildman–Crippen MR) is 114 cm³/mol. The number of fused-ring (bicyclic) bond motifs is 1. The molecule has 158 valence electrons. The normalized spacial score (nSPS) is 13.4. The van der Waals surface area contributed by atoms with Gasteiger partial charge in [-0.2, -0.15) is 0 Å². The van der Waals surface area contributed by atoms with E-state index in [2.05, 4.69) is 15.3 Å². The molecular formula is C22H21N5O4. The number of nitrogen functional groups attached to an aromatic ring is 1. The lowest BCUT2D eigenvalue weighted by Crippen LogP contribution is -2.30. The summed E-state index contributed by atoms with van der Waals surface area (Å²) in [5.74, 6) is -0.366. The van der Waals surface area contributed by atoms with Gasteiger partial charge in [-0.25, -0.2) is 9.97 Å². The molecular weight excluding hydrogens is 398 g/mol. The van der Waals surface area contributed by atoms with Crippen LogP contribution in [0.25, 0.3) is 10.9 Å². The number of esters is 1. The predicted octanol–water partition coefficient (Wildman–Crippen LogP) is 1.81. The molecule has 0 atom stereocenters. The molecule has 1 aliphatic rings. The van der Waals surface area contributed by atoms with E-state index in [0.29, 0.717) is 29.9 Å². The zero-order chi connectivity index (χ0) is 21.8. The second-order valence-electron chi connectivity index (χ2n) is 7.08. The van der Waals surface area contributed by atoms with E-state index in [1.807, 2.05) is 18.2 Å². The summed E-state index contributed by atoms with van der Waals surface area (Å²) in [6.45, 7) is 0.235. The number of anilines is 2. The average molecular weight is 419 g/mol. The lowest BCUT2D eigenvalue weighted by atomic mass is 10.2. The third-order valence-electron chi connectivity index (χ3n) is 4.95. The Morgan fingerprint density at radius 3 is 2.61 bits per heavy atom. The van der Waals surface area contributed by atoms with Crippen LogP contribution in [0.5, 0.6) is 0 Å². The van der Waals surface area contributed by atoms with Crippen LogP contribution in [-0.4, -0.2) is 40.8 Å². The molecule has 4 rings (SSSR count). The first-order valence-electron chi connectivity index (χ1n) is 9.86. The Morgan fingerprint density at radius 2 is 1.87 bits per heavy atom. The molecule has 0 saturated carbocycles. The lowest BCUT2D eigenvalue weighted by Gasteiger charge is -2.15. The van der Waals surface area contributed by atoms with Crippen molar-refractivity contribution < 1.29 is 19.1 Å². The number of nitrogens with one attached hydrogen (secondary N) is 1. The standard InChI is InChI=1S/C22H21N5O4/c23-21-16-4-1-2-5-17(16)25-18(26-21)13-31-20(29)12-24-22(30)14-7-9-15(10-8-14)27-11-3-6-19(27)28/h1-2,4-5,7-10H,3,6,11-13H2,(H,24,30)(H2,23,25,26). The zero-order valence-electron chi connectivity index (χ0n) is 16.7. The molecule has 0 spiro atoms. The van der Waals surface area contributed by atoms with Gasteiger partial charge in [-0.05, 0) is 42.8 Å². The molecule has 0 radical (unpaired) electrons. The van der Waals surface area contributed by atoms with Crippen LogP contribution < -0.4 is 16.0 Å². The third kappa shape index (κ3) is 4.61. The monoisotopic (exact) mass is 419 g/mol. The summed E-state index contributed by atoms with van der Waals surface area (Å²) in [6, 6.07) is 13.9. The summed E-state index contributed by atoms with van der Waals surface area (Å²) in [5, 5.41) is 3.24. The van der Waals surface area contributed by atoms with E-state index in [0.717, 1.165) is 17.5 Å². The maximum Gasteiger partial charge on any atom is 0.325 e. The third-order valence-corrected chi connectivity index (χ3v) is 4.95. The van der Waals surface area contributed by atoms with Gasteiger partial charge in [-0.1, -0.05) is 12.1 Å². The molecule has 1 fully saturated rings. The molecule has 1 saturated heterocycles. The molecule has 9 heteroatoms. The Balaban J connectivity index is 1.28. The highest BCUT2D eigenvalue weighted by Crippen LogP contribution is 2.21. The highest BCUT2D eigenvalue weighted by molar-refractivity contribution is 5.98. The highest BCUT2D eigenvalue weighted by atomic mass is 16.5. The Hall–Kier alpha value is -4.01. The van der Waals surface area contributed by atoms with Crippen molar-refractivity contribution in [3.05, 3.63) is 59.9 Å². The van der Waals surface area contributed by atoms with E-state index in [9.17, 15) is 14.4 Å². The molecule has 0 bridgehead atoms. The van der Waals surface area contributed by atoms with E-state index in [4.69, 9.17) is 10.5 Å². The van der Waals surface area contributed by atoms with Crippen LogP contribution in [0, 0.1) is 0 Å². The number of hydrogen-bond acceptors (Lipinski definition) is 7. The first-order chi connectivity index (χ1) is 15.0. The number of benzene rings is 2. The zero-order valence-corrected chi connectivity index (χ0v) is 16.7. The van der Waals surface area contributed by atoms with Crippen molar-refractivity contribution in [2.45, 2.75) is 19.4 Å². The van der Waals surface area contributed by atoms with Crippen molar-refractivity contribution in [1.29, 1.82) is 0 Å².